The number of rotatable bonds is 6. The van der Waals surface area contributed by atoms with Crippen LogP contribution in [0.5, 0.6) is 23.0 Å². The lowest BCUT2D eigenvalue weighted by molar-refractivity contribution is 0.0924. The van der Waals surface area contributed by atoms with Gasteiger partial charge in [-0.15, -0.1) is 0 Å². The molecular formula is C22H27NO5. The molecule has 1 aliphatic rings. The largest absolute Gasteiger partial charge is 0.497 e. The van der Waals surface area contributed by atoms with Gasteiger partial charge < -0.3 is 24.3 Å². The van der Waals surface area contributed by atoms with Gasteiger partial charge in [0.05, 0.1) is 33.5 Å². The molecule has 0 spiro atoms. The van der Waals surface area contributed by atoms with Crippen LogP contribution in [0.3, 0.4) is 0 Å². The quantitative estimate of drug-likeness (QED) is 0.814. The lowest BCUT2D eigenvalue weighted by atomic mass is 9.95. The minimum absolute atomic E-state index is 0.179. The second kappa shape index (κ2) is 8.87. The van der Waals surface area contributed by atoms with Crippen LogP contribution >= 0.6 is 0 Å². The highest BCUT2D eigenvalue weighted by Gasteiger charge is 2.22. The molecule has 1 amide bonds. The van der Waals surface area contributed by atoms with E-state index in [1.165, 1.54) is 0 Å². The maximum absolute atomic E-state index is 12.9. The molecule has 1 N–H and O–H groups in total. The highest BCUT2D eigenvalue weighted by Crippen LogP contribution is 2.34. The summed E-state index contributed by atoms with van der Waals surface area (Å²) in [4.78, 5) is 12.9. The van der Waals surface area contributed by atoms with Crippen LogP contribution in [0.4, 0.5) is 0 Å². The van der Waals surface area contributed by atoms with Gasteiger partial charge in [-0.3, -0.25) is 4.79 Å². The number of hydrogen-bond donors (Lipinski definition) is 1. The molecule has 150 valence electrons. The molecule has 1 heterocycles. The topological polar surface area (TPSA) is 66.0 Å². The second-order valence-electron chi connectivity index (χ2n) is 7.05. The van der Waals surface area contributed by atoms with E-state index in [9.17, 15) is 4.79 Å². The number of fused-ring (bicyclic) bond motifs is 1. The van der Waals surface area contributed by atoms with Gasteiger partial charge in [-0.1, -0.05) is 19.9 Å². The smallest absolute Gasteiger partial charge is 0.252 e. The number of nitrogens with one attached hydrogen (secondary N) is 1. The van der Waals surface area contributed by atoms with Crippen molar-refractivity contribution in [1.29, 1.82) is 0 Å². The molecule has 6 nitrogen and oxygen atoms in total. The molecule has 3 rings (SSSR count). The molecule has 0 saturated heterocycles. The van der Waals surface area contributed by atoms with Crippen molar-refractivity contribution in [3.05, 3.63) is 47.5 Å². The van der Waals surface area contributed by atoms with Gasteiger partial charge in [0.15, 0.2) is 11.5 Å². The Hall–Kier alpha value is -2.89. The molecule has 2 aromatic rings. The van der Waals surface area contributed by atoms with Crippen molar-refractivity contribution in [2.45, 2.75) is 26.3 Å². The minimum Gasteiger partial charge on any atom is -0.497 e. The van der Waals surface area contributed by atoms with Gasteiger partial charge in [-0.2, -0.15) is 0 Å². The third-order valence-electron chi connectivity index (χ3n) is 4.70. The summed E-state index contributed by atoms with van der Waals surface area (Å²) in [5.74, 6) is 2.59. The van der Waals surface area contributed by atoms with E-state index in [-0.39, 0.29) is 17.9 Å². The van der Waals surface area contributed by atoms with Crippen LogP contribution in [-0.2, 0) is 0 Å². The zero-order valence-electron chi connectivity index (χ0n) is 16.8. The van der Waals surface area contributed by atoms with Crippen LogP contribution in [0, 0.1) is 5.92 Å². The van der Waals surface area contributed by atoms with Gasteiger partial charge in [0, 0.05) is 18.1 Å². The first kappa shape index (κ1) is 19.9. The molecule has 0 radical (unpaired) electrons. The predicted octanol–water partition coefficient (Wildman–Crippen LogP) is 3.99. The average molecular weight is 385 g/mol. The van der Waals surface area contributed by atoms with Gasteiger partial charge in [0.25, 0.3) is 5.91 Å². The number of hydrogen-bond acceptors (Lipinski definition) is 5. The molecule has 0 saturated carbocycles. The number of ether oxygens (including phenoxy) is 4. The van der Waals surface area contributed by atoms with Gasteiger partial charge in [-0.05, 0) is 35.7 Å². The summed E-state index contributed by atoms with van der Waals surface area (Å²) < 4.78 is 22.0. The van der Waals surface area contributed by atoms with E-state index >= 15 is 0 Å². The van der Waals surface area contributed by atoms with Gasteiger partial charge in [0.1, 0.15) is 11.5 Å². The Morgan fingerprint density at radius 2 is 1.61 bits per heavy atom. The molecule has 1 aliphatic heterocycles. The lowest BCUT2D eigenvalue weighted by Crippen LogP contribution is -2.31. The fourth-order valence-corrected chi connectivity index (χ4v) is 3.17. The summed E-state index contributed by atoms with van der Waals surface area (Å²) in [5, 5.41) is 3.13. The summed E-state index contributed by atoms with van der Waals surface area (Å²) in [6, 6.07) is 10.8. The Kier molecular flexibility index (Phi) is 6.29. The monoisotopic (exact) mass is 385 g/mol. The number of carbonyl (C=O) groups is 1. The van der Waals surface area contributed by atoms with Crippen molar-refractivity contribution < 1.29 is 23.7 Å². The second-order valence-corrected chi connectivity index (χ2v) is 7.05. The Bertz CT molecular complexity index is 811. The molecule has 0 aliphatic carbocycles. The van der Waals surface area contributed by atoms with E-state index in [0.29, 0.717) is 30.3 Å². The maximum Gasteiger partial charge on any atom is 0.252 e. The zero-order chi connectivity index (χ0) is 20.1. The SMILES string of the molecule is COc1cc(OC)cc(C(=O)N[C@H](c2ccc3c(c2)OCCCO3)C(C)C)c1. The van der Waals surface area contributed by atoms with E-state index in [4.69, 9.17) is 18.9 Å². The molecule has 1 atom stereocenters. The Morgan fingerprint density at radius 1 is 0.964 bits per heavy atom. The summed E-state index contributed by atoms with van der Waals surface area (Å²) >= 11 is 0. The van der Waals surface area contributed by atoms with Gasteiger partial charge >= 0.3 is 0 Å². The van der Waals surface area contributed by atoms with Crippen LogP contribution in [0.25, 0.3) is 0 Å². The maximum atomic E-state index is 12.9. The van der Waals surface area contributed by atoms with Crippen LogP contribution in [-0.4, -0.2) is 33.3 Å². The van der Waals surface area contributed by atoms with Crippen molar-refractivity contribution in [2.75, 3.05) is 27.4 Å². The minimum atomic E-state index is -0.192. The van der Waals surface area contributed by atoms with Crippen molar-refractivity contribution in [1.82, 2.24) is 5.32 Å². The third kappa shape index (κ3) is 4.50. The molecule has 0 unspecified atom stereocenters. The molecule has 6 heteroatoms. The average Bonchev–Trinajstić information content (AvgIpc) is 2.95. The summed E-state index contributed by atoms with van der Waals surface area (Å²) in [6.45, 7) is 5.41. The first-order valence-electron chi connectivity index (χ1n) is 9.45. The normalized spacial score (nSPS) is 14.2. The van der Waals surface area contributed by atoms with E-state index in [2.05, 4.69) is 19.2 Å². The number of methoxy groups -OCH3 is 2. The third-order valence-corrected chi connectivity index (χ3v) is 4.70. The molecule has 0 bridgehead atoms. The molecule has 28 heavy (non-hydrogen) atoms. The van der Waals surface area contributed by atoms with Crippen LogP contribution in [0.2, 0.25) is 0 Å². The standard InChI is InChI=1S/C22H27NO5/c1-14(2)21(15-6-7-19-20(12-15)28-9-5-8-27-19)23-22(24)16-10-17(25-3)13-18(11-16)26-4/h6-7,10-14,21H,5,8-9H2,1-4H3,(H,23,24)/t21-/m0/s1. The highest BCUT2D eigenvalue weighted by molar-refractivity contribution is 5.95. The number of carbonyl (C=O) groups excluding carboxylic acids is 1. The van der Waals surface area contributed by atoms with E-state index in [1.54, 1.807) is 32.4 Å². The van der Waals surface area contributed by atoms with Crippen LogP contribution in [0.1, 0.15) is 42.2 Å². The summed E-state index contributed by atoms with van der Waals surface area (Å²) in [6.07, 6.45) is 0.853. The van der Waals surface area contributed by atoms with Crippen molar-refractivity contribution >= 4 is 5.91 Å². The first-order valence-corrected chi connectivity index (χ1v) is 9.45. The van der Waals surface area contributed by atoms with Crippen molar-refractivity contribution in [3.8, 4) is 23.0 Å². The Labute approximate surface area is 165 Å². The van der Waals surface area contributed by atoms with E-state index in [0.717, 1.165) is 23.5 Å². The predicted molar refractivity (Wildman–Crippen MR) is 107 cm³/mol. The number of amides is 1. The molecule has 0 aromatic heterocycles. The van der Waals surface area contributed by atoms with Crippen LogP contribution < -0.4 is 24.3 Å². The highest BCUT2D eigenvalue weighted by atomic mass is 16.5. The van der Waals surface area contributed by atoms with Crippen LogP contribution in [0.15, 0.2) is 36.4 Å². The molecule has 2 aromatic carbocycles. The lowest BCUT2D eigenvalue weighted by Gasteiger charge is -2.24. The Balaban J connectivity index is 1.86. The fourth-order valence-electron chi connectivity index (χ4n) is 3.17. The molecular weight excluding hydrogens is 358 g/mol. The van der Waals surface area contributed by atoms with E-state index < -0.39 is 0 Å². The van der Waals surface area contributed by atoms with Crippen molar-refractivity contribution in [2.24, 2.45) is 5.92 Å². The Morgan fingerprint density at radius 3 is 2.21 bits per heavy atom. The summed E-state index contributed by atoms with van der Waals surface area (Å²) in [7, 11) is 3.12. The molecule has 0 fully saturated rings. The van der Waals surface area contributed by atoms with Crippen molar-refractivity contribution in [3.63, 3.8) is 0 Å². The van der Waals surface area contributed by atoms with E-state index in [1.807, 2.05) is 18.2 Å². The summed E-state index contributed by atoms with van der Waals surface area (Å²) in [5.41, 5.74) is 1.46. The van der Waals surface area contributed by atoms with Gasteiger partial charge in [0.2, 0.25) is 0 Å². The fraction of sp³-hybridized carbons (Fsp3) is 0.409. The number of benzene rings is 2. The van der Waals surface area contributed by atoms with Gasteiger partial charge in [-0.25, -0.2) is 0 Å². The first-order chi connectivity index (χ1) is 13.5. The zero-order valence-corrected chi connectivity index (χ0v) is 16.8.